The molecule has 0 saturated heterocycles. The number of oxazole rings is 1. The number of thiophene rings is 1. The summed E-state index contributed by atoms with van der Waals surface area (Å²) in [5.74, 6) is 1.18. The SMILES string of the molecule is CCOC(=O)c1nccn1Cc1nc(-c2sccc2C)oc1C. The summed E-state index contributed by atoms with van der Waals surface area (Å²) >= 11 is 1.60. The monoisotopic (exact) mass is 331 g/mol. The summed E-state index contributed by atoms with van der Waals surface area (Å²) in [5.41, 5.74) is 1.91. The molecule has 3 heterocycles. The fraction of sp³-hybridized carbons (Fsp3) is 0.312. The van der Waals surface area contributed by atoms with Crippen molar-refractivity contribution in [1.29, 1.82) is 0 Å². The van der Waals surface area contributed by atoms with Crippen molar-refractivity contribution in [2.24, 2.45) is 0 Å². The topological polar surface area (TPSA) is 70.2 Å². The van der Waals surface area contributed by atoms with E-state index in [1.807, 2.05) is 25.3 Å². The Morgan fingerprint density at radius 3 is 2.96 bits per heavy atom. The third kappa shape index (κ3) is 3.05. The van der Waals surface area contributed by atoms with Gasteiger partial charge in [0, 0.05) is 12.4 Å². The Hall–Kier alpha value is -2.41. The molecule has 6 nitrogen and oxygen atoms in total. The van der Waals surface area contributed by atoms with Crippen molar-refractivity contribution in [3.8, 4) is 10.8 Å². The van der Waals surface area contributed by atoms with Crippen LogP contribution >= 0.6 is 11.3 Å². The molecule has 0 aromatic carbocycles. The number of ether oxygens (including phenoxy) is 1. The number of aryl methyl sites for hydroxylation is 2. The van der Waals surface area contributed by atoms with Gasteiger partial charge in [-0.15, -0.1) is 11.3 Å². The number of imidazole rings is 1. The van der Waals surface area contributed by atoms with Gasteiger partial charge in [-0.1, -0.05) is 0 Å². The molecule has 0 aliphatic carbocycles. The predicted octanol–water partition coefficient (Wildman–Crippen LogP) is 3.44. The van der Waals surface area contributed by atoms with Crippen molar-refractivity contribution in [2.75, 3.05) is 6.61 Å². The molecule has 0 unspecified atom stereocenters. The van der Waals surface area contributed by atoms with Crippen LogP contribution in [0, 0.1) is 13.8 Å². The van der Waals surface area contributed by atoms with E-state index in [0.29, 0.717) is 19.0 Å². The lowest BCUT2D eigenvalue weighted by atomic mass is 10.3. The molecule has 0 fully saturated rings. The number of aromatic nitrogens is 3. The molecule has 0 bridgehead atoms. The Balaban J connectivity index is 1.87. The van der Waals surface area contributed by atoms with Crippen molar-refractivity contribution in [2.45, 2.75) is 27.3 Å². The van der Waals surface area contributed by atoms with Crippen LogP contribution in [0.1, 0.15) is 34.6 Å². The van der Waals surface area contributed by atoms with E-state index >= 15 is 0 Å². The standard InChI is InChI=1S/C16H17N3O3S/c1-4-21-16(20)14-17-6-7-19(14)9-12-11(3)22-15(18-12)13-10(2)5-8-23-13/h5-8H,4,9H2,1-3H3. The minimum Gasteiger partial charge on any atom is -0.460 e. The summed E-state index contributed by atoms with van der Waals surface area (Å²) in [7, 11) is 0. The first-order chi connectivity index (χ1) is 11.1. The van der Waals surface area contributed by atoms with E-state index < -0.39 is 5.97 Å². The molecule has 23 heavy (non-hydrogen) atoms. The highest BCUT2D eigenvalue weighted by molar-refractivity contribution is 7.13. The van der Waals surface area contributed by atoms with Crippen LogP contribution in [0.25, 0.3) is 10.8 Å². The minimum atomic E-state index is -0.437. The summed E-state index contributed by atoms with van der Waals surface area (Å²) in [6.45, 7) is 6.39. The van der Waals surface area contributed by atoms with Gasteiger partial charge < -0.3 is 13.7 Å². The first-order valence-electron chi connectivity index (χ1n) is 7.29. The Morgan fingerprint density at radius 1 is 1.43 bits per heavy atom. The second kappa shape index (κ2) is 6.37. The van der Waals surface area contributed by atoms with Crippen LogP contribution in [0.2, 0.25) is 0 Å². The van der Waals surface area contributed by atoms with Crippen molar-refractivity contribution in [3.05, 3.63) is 46.7 Å². The van der Waals surface area contributed by atoms with Crippen LogP contribution in [-0.4, -0.2) is 27.1 Å². The van der Waals surface area contributed by atoms with Crippen LogP contribution in [0.4, 0.5) is 0 Å². The fourth-order valence-electron chi connectivity index (χ4n) is 2.25. The van der Waals surface area contributed by atoms with Gasteiger partial charge in [-0.25, -0.2) is 14.8 Å². The zero-order valence-electron chi connectivity index (χ0n) is 13.2. The van der Waals surface area contributed by atoms with Crippen molar-refractivity contribution in [3.63, 3.8) is 0 Å². The van der Waals surface area contributed by atoms with E-state index in [1.165, 1.54) is 0 Å². The number of nitrogens with zero attached hydrogens (tertiary/aromatic N) is 3. The number of carbonyl (C=O) groups is 1. The van der Waals surface area contributed by atoms with Gasteiger partial charge >= 0.3 is 5.97 Å². The normalized spacial score (nSPS) is 10.9. The zero-order chi connectivity index (χ0) is 16.4. The number of rotatable bonds is 5. The minimum absolute atomic E-state index is 0.267. The molecule has 7 heteroatoms. The first kappa shape index (κ1) is 15.5. The highest BCUT2D eigenvalue weighted by atomic mass is 32.1. The summed E-state index contributed by atoms with van der Waals surface area (Å²) in [6.07, 6.45) is 3.31. The molecule has 3 aromatic heterocycles. The zero-order valence-corrected chi connectivity index (χ0v) is 14.0. The van der Waals surface area contributed by atoms with Gasteiger partial charge in [-0.05, 0) is 37.8 Å². The van der Waals surface area contributed by atoms with E-state index in [-0.39, 0.29) is 5.82 Å². The smallest absolute Gasteiger partial charge is 0.374 e. The van der Waals surface area contributed by atoms with Crippen molar-refractivity contribution >= 4 is 17.3 Å². The molecule has 0 saturated carbocycles. The summed E-state index contributed by atoms with van der Waals surface area (Å²) in [4.78, 5) is 21.6. The van der Waals surface area contributed by atoms with Crippen molar-refractivity contribution in [1.82, 2.24) is 14.5 Å². The molecular formula is C16H17N3O3S. The maximum absolute atomic E-state index is 11.9. The quantitative estimate of drug-likeness (QED) is 0.670. The molecule has 120 valence electrons. The van der Waals surface area contributed by atoms with Crippen LogP contribution in [0.5, 0.6) is 0 Å². The van der Waals surface area contributed by atoms with Gasteiger partial charge in [-0.2, -0.15) is 0 Å². The average molecular weight is 331 g/mol. The predicted molar refractivity (Wildman–Crippen MR) is 86.6 cm³/mol. The van der Waals surface area contributed by atoms with Gasteiger partial charge in [0.05, 0.1) is 18.0 Å². The van der Waals surface area contributed by atoms with Crippen LogP contribution in [-0.2, 0) is 11.3 Å². The van der Waals surface area contributed by atoms with Crippen LogP contribution in [0.3, 0.4) is 0 Å². The fourth-order valence-corrected chi connectivity index (χ4v) is 3.10. The highest BCUT2D eigenvalue weighted by Gasteiger charge is 2.18. The third-order valence-corrected chi connectivity index (χ3v) is 4.45. The summed E-state index contributed by atoms with van der Waals surface area (Å²) < 4.78 is 12.5. The van der Waals surface area contributed by atoms with Crippen LogP contribution < -0.4 is 0 Å². The van der Waals surface area contributed by atoms with E-state index in [9.17, 15) is 4.79 Å². The molecular weight excluding hydrogens is 314 g/mol. The Bertz CT molecular complexity index is 831. The summed E-state index contributed by atoms with van der Waals surface area (Å²) in [5, 5.41) is 2.01. The van der Waals surface area contributed by atoms with Crippen molar-refractivity contribution < 1.29 is 13.9 Å². The Kier molecular flexibility index (Phi) is 4.29. The van der Waals surface area contributed by atoms with Gasteiger partial charge in [0.2, 0.25) is 11.7 Å². The molecule has 0 aliphatic heterocycles. The van der Waals surface area contributed by atoms with Gasteiger partial charge in [0.1, 0.15) is 11.5 Å². The lowest BCUT2D eigenvalue weighted by Gasteiger charge is -2.05. The van der Waals surface area contributed by atoms with E-state index in [1.54, 1.807) is 35.2 Å². The maximum Gasteiger partial charge on any atom is 0.374 e. The van der Waals surface area contributed by atoms with E-state index in [0.717, 1.165) is 21.9 Å². The third-order valence-electron chi connectivity index (χ3n) is 3.44. The lowest BCUT2D eigenvalue weighted by molar-refractivity contribution is 0.0507. The second-order valence-corrected chi connectivity index (χ2v) is 5.97. The van der Waals surface area contributed by atoms with Gasteiger partial charge in [0.25, 0.3) is 0 Å². The first-order valence-corrected chi connectivity index (χ1v) is 8.17. The second-order valence-electron chi connectivity index (χ2n) is 5.05. The number of esters is 1. The number of hydrogen-bond acceptors (Lipinski definition) is 6. The molecule has 3 rings (SSSR count). The average Bonchev–Trinajstić information content (AvgIpc) is 3.21. The van der Waals surface area contributed by atoms with Crippen LogP contribution in [0.15, 0.2) is 28.3 Å². The van der Waals surface area contributed by atoms with E-state index in [4.69, 9.17) is 9.15 Å². The number of carbonyl (C=O) groups excluding carboxylic acids is 1. The van der Waals surface area contributed by atoms with Gasteiger partial charge in [0.15, 0.2) is 0 Å². The lowest BCUT2D eigenvalue weighted by Crippen LogP contribution is -2.14. The Labute approximate surface area is 137 Å². The largest absolute Gasteiger partial charge is 0.460 e. The van der Waals surface area contributed by atoms with Gasteiger partial charge in [-0.3, -0.25) is 0 Å². The molecule has 0 spiro atoms. The Morgan fingerprint density at radius 2 is 2.26 bits per heavy atom. The molecule has 3 aromatic rings. The van der Waals surface area contributed by atoms with E-state index in [2.05, 4.69) is 9.97 Å². The number of hydrogen-bond donors (Lipinski definition) is 0. The maximum atomic E-state index is 11.9. The molecule has 0 radical (unpaired) electrons. The molecule has 0 N–H and O–H groups in total. The summed E-state index contributed by atoms with van der Waals surface area (Å²) in [6, 6.07) is 2.04. The molecule has 0 atom stereocenters. The molecule has 0 aliphatic rings. The highest BCUT2D eigenvalue weighted by Crippen LogP contribution is 2.30. The molecule has 0 amide bonds.